The highest BCUT2D eigenvalue weighted by Gasteiger charge is 2.04. The van der Waals surface area contributed by atoms with Gasteiger partial charge in [0.25, 0.3) is 0 Å². The number of pyridine rings is 1. The summed E-state index contributed by atoms with van der Waals surface area (Å²) in [5, 5.41) is 0. The third-order valence-electron chi connectivity index (χ3n) is 2.23. The van der Waals surface area contributed by atoms with Crippen LogP contribution in [0.1, 0.15) is 5.69 Å². The standard InChI is InChI=1S/C12H11F2N3S/c13-10-5-4-9(6-11(10)14)18-7-8-2-1-3-12(16-8)17-15/h1-6H,7,15H2,(H,16,17). The van der Waals surface area contributed by atoms with Crippen molar-refractivity contribution in [3.05, 3.63) is 53.7 Å². The predicted octanol–water partition coefficient (Wildman–Crippen LogP) is 2.94. The molecule has 0 saturated carbocycles. The largest absolute Gasteiger partial charge is 0.308 e. The molecule has 0 aliphatic heterocycles. The maximum atomic E-state index is 13.0. The summed E-state index contributed by atoms with van der Waals surface area (Å²) in [6.07, 6.45) is 0. The fourth-order valence-electron chi connectivity index (χ4n) is 1.36. The van der Waals surface area contributed by atoms with Crippen LogP contribution in [0, 0.1) is 11.6 Å². The monoisotopic (exact) mass is 267 g/mol. The lowest BCUT2D eigenvalue weighted by Gasteiger charge is -2.04. The minimum absolute atomic E-state index is 0.556. The molecule has 0 unspecified atom stereocenters. The molecule has 18 heavy (non-hydrogen) atoms. The number of rotatable bonds is 4. The Hall–Kier alpha value is -1.66. The summed E-state index contributed by atoms with van der Waals surface area (Å²) < 4.78 is 25.7. The zero-order valence-electron chi connectivity index (χ0n) is 9.36. The van der Waals surface area contributed by atoms with E-state index in [9.17, 15) is 8.78 Å². The van der Waals surface area contributed by atoms with E-state index in [1.807, 2.05) is 12.1 Å². The smallest absolute Gasteiger partial charge is 0.159 e. The van der Waals surface area contributed by atoms with Crippen LogP contribution in [0.4, 0.5) is 14.6 Å². The molecule has 2 aromatic rings. The Bertz CT molecular complexity index is 549. The number of nitrogens with zero attached hydrogens (tertiary/aromatic N) is 1. The van der Waals surface area contributed by atoms with Crippen molar-refractivity contribution < 1.29 is 8.78 Å². The van der Waals surface area contributed by atoms with Gasteiger partial charge in [0.2, 0.25) is 0 Å². The van der Waals surface area contributed by atoms with Crippen molar-refractivity contribution in [1.29, 1.82) is 0 Å². The van der Waals surface area contributed by atoms with Gasteiger partial charge >= 0.3 is 0 Å². The Kier molecular flexibility index (Phi) is 4.11. The van der Waals surface area contributed by atoms with Crippen LogP contribution in [0.3, 0.4) is 0 Å². The number of thioether (sulfide) groups is 1. The number of nitrogens with one attached hydrogen (secondary N) is 1. The van der Waals surface area contributed by atoms with Gasteiger partial charge in [-0.2, -0.15) is 0 Å². The highest BCUT2D eigenvalue weighted by molar-refractivity contribution is 7.98. The van der Waals surface area contributed by atoms with E-state index < -0.39 is 11.6 Å². The van der Waals surface area contributed by atoms with E-state index in [2.05, 4.69) is 10.4 Å². The Morgan fingerprint density at radius 2 is 2.00 bits per heavy atom. The zero-order chi connectivity index (χ0) is 13.0. The molecule has 0 fully saturated rings. The van der Waals surface area contributed by atoms with Gasteiger partial charge in [-0.25, -0.2) is 19.6 Å². The highest BCUT2D eigenvalue weighted by atomic mass is 32.2. The SMILES string of the molecule is NNc1cccc(CSc2ccc(F)c(F)c2)n1. The lowest BCUT2D eigenvalue weighted by Crippen LogP contribution is -2.08. The Morgan fingerprint density at radius 1 is 1.17 bits per heavy atom. The molecule has 0 amide bonds. The molecule has 0 bridgehead atoms. The molecule has 2 rings (SSSR count). The van der Waals surface area contributed by atoms with Crippen LogP contribution in [0.5, 0.6) is 0 Å². The molecular formula is C12H11F2N3S. The van der Waals surface area contributed by atoms with Crippen LogP contribution in [-0.2, 0) is 5.75 Å². The predicted molar refractivity (Wildman–Crippen MR) is 68.0 cm³/mol. The molecule has 3 nitrogen and oxygen atoms in total. The molecule has 0 radical (unpaired) electrons. The van der Waals surface area contributed by atoms with Crippen molar-refractivity contribution in [2.75, 3.05) is 5.43 Å². The van der Waals surface area contributed by atoms with Gasteiger partial charge in [0, 0.05) is 10.6 Å². The number of anilines is 1. The van der Waals surface area contributed by atoms with Gasteiger partial charge in [-0.1, -0.05) is 6.07 Å². The molecular weight excluding hydrogens is 256 g/mol. The molecule has 1 aromatic carbocycles. The van der Waals surface area contributed by atoms with Gasteiger partial charge in [0.15, 0.2) is 11.6 Å². The number of hydrazine groups is 1. The highest BCUT2D eigenvalue weighted by Crippen LogP contribution is 2.23. The zero-order valence-corrected chi connectivity index (χ0v) is 10.2. The number of nitrogen functional groups attached to an aromatic ring is 1. The van der Waals surface area contributed by atoms with Gasteiger partial charge in [0.1, 0.15) is 5.82 Å². The van der Waals surface area contributed by atoms with Gasteiger partial charge in [0.05, 0.1) is 5.69 Å². The number of benzene rings is 1. The van der Waals surface area contributed by atoms with Gasteiger partial charge < -0.3 is 5.43 Å². The Labute approximate surface area is 107 Å². The molecule has 1 heterocycles. The third kappa shape index (κ3) is 3.18. The summed E-state index contributed by atoms with van der Waals surface area (Å²) in [5.41, 5.74) is 3.26. The van der Waals surface area contributed by atoms with Crippen LogP contribution in [0.2, 0.25) is 0 Å². The second kappa shape index (κ2) is 5.79. The van der Waals surface area contributed by atoms with E-state index in [0.29, 0.717) is 16.5 Å². The maximum Gasteiger partial charge on any atom is 0.159 e. The van der Waals surface area contributed by atoms with Crippen molar-refractivity contribution in [1.82, 2.24) is 4.98 Å². The van der Waals surface area contributed by atoms with E-state index in [1.165, 1.54) is 23.9 Å². The average molecular weight is 267 g/mol. The first-order valence-corrected chi connectivity index (χ1v) is 6.18. The van der Waals surface area contributed by atoms with Crippen LogP contribution >= 0.6 is 11.8 Å². The Morgan fingerprint density at radius 3 is 2.72 bits per heavy atom. The van der Waals surface area contributed by atoms with Crippen LogP contribution in [0.15, 0.2) is 41.3 Å². The minimum Gasteiger partial charge on any atom is -0.308 e. The molecule has 1 aromatic heterocycles. The number of hydrogen-bond acceptors (Lipinski definition) is 4. The molecule has 6 heteroatoms. The van der Waals surface area contributed by atoms with Crippen molar-refractivity contribution >= 4 is 17.6 Å². The number of nitrogens with two attached hydrogens (primary N) is 1. The summed E-state index contributed by atoms with van der Waals surface area (Å²) in [4.78, 5) is 4.88. The summed E-state index contributed by atoms with van der Waals surface area (Å²) in [7, 11) is 0. The summed E-state index contributed by atoms with van der Waals surface area (Å²) in [5.74, 6) is 4.69. The Balaban J connectivity index is 2.04. The van der Waals surface area contributed by atoms with E-state index in [0.717, 1.165) is 11.8 Å². The van der Waals surface area contributed by atoms with Crippen LogP contribution in [0.25, 0.3) is 0 Å². The van der Waals surface area contributed by atoms with E-state index in [-0.39, 0.29) is 0 Å². The fraction of sp³-hybridized carbons (Fsp3) is 0.0833. The first kappa shape index (κ1) is 12.8. The first-order chi connectivity index (χ1) is 8.69. The van der Waals surface area contributed by atoms with Crippen molar-refractivity contribution in [3.8, 4) is 0 Å². The average Bonchev–Trinajstić information content (AvgIpc) is 2.40. The number of hydrogen-bond donors (Lipinski definition) is 2. The normalized spacial score (nSPS) is 10.4. The molecule has 0 spiro atoms. The quantitative estimate of drug-likeness (QED) is 0.508. The number of aromatic nitrogens is 1. The van der Waals surface area contributed by atoms with Gasteiger partial charge in [-0.05, 0) is 30.3 Å². The molecule has 0 atom stereocenters. The summed E-state index contributed by atoms with van der Waals surface area (Å²) >= 11 is 1.38. The fourth-order valence-corrected chi connectivity index (χ4v) is 2.19. The van der Waals surface area contributed by atoms with Crippen LogP contribution in [-0.4, -0.2) is 4.98 Å². The topological polar surface area (TPSA) is 50.9 Å². The lowest BCUT2D eigenvalue weighted by molar-refractivity contribution is 0.506. The minimum atomic E-state index is -0.842. The van der Waals surface area contributed by atoms with E-state index in [4.69, 9.17) is 5.84 Å². The molecule has 0 aliphatic rings. The molecule has 0 saturated heterocycles. The van der Waals surface area contributed by atoms with Crippen molar-refractivity contribution in [2.45, 2.75) is 10.6 Å². The second-order valence-electron chi connectivity index (χ2n) is 3.52. The number of halogens is 2. The van der Waals surface area contributed by atoms with Crippen molar-refractivity contribution in [3.63, 3.8) is 0 Å². The molecule has 3 N–H and O–H groups in total. The second-order valence-corrected chi connectivity index (χ2v) is 4.57. The maximum absolute atomic E-state index is 13.0. The van der Waals surface area contributed by atoms with Crippen molar-refractivity contribution in [2.24, 2.45) is 5.84 Å². The third-order valence-corrected chi connectivity index (χ3v) is 3.26. The molecule has 0 aliphatic carbocycles. The van der Waals surface area contributed by atoms with E-state index >= 15 is 0 Å². The van der Waals surface area contributed by atoms with Crippen LogP contribution < -0.4 is 11.3 Å². The first-order valence-electron chi connectivity index (χ1n) is 5.19. The van der Waals surface area contributed by atoms with Gasteiger partial charge in [-0.3, -0.25) is 0 Å². The summed E-state index contributed by atoms with van der Waals surface area (Å²) in [6, 6.07) is 9.23. The van der Waals surface area contributed by atoms with E-state index in [1.54, 1.807) is 6.07 Å². The molecule has 94 valence electrons. The lowest BCUT2D eigenvalue weighted by atomic mass is 10.3. The van der Waals surface area contributed by atoms with Gasteiger partial charge in [-0.15, -0.1) is 11.8 Å². The summed E-state index contributed by atoms with van der Waals surface area (Å²) in [6.45, 7) is 0.